The fraction of sp³-hybridized carbons (Fsp3) is 0.300. The van der Waals surface area contributed by atoms with Gasteiger partial charge in [0.05, 0.1) is 12.7 Å². The molecule has 0 saturated carbocycles. The maximum atomic E-state index is 12.9. The van der Waals surface area contributed by atoms with Crippen molar-refractivity contribution in [3.63, 3.8) is 0 Å². The molecule has 0 bridgehead atoms. The zero-order valence-corrected chi connectivity index (χ0v) is 9.94. The van der Waals surface area contributed by atoms with Crippen LogP contribution in [0.25, 0.3) is 0 Å². The zero-order valence-electron chi connectivity index (χ0n) is 9.12. The molecule has 1 atom stereocenters. The number of carbonyl (C=O) groups is 1. The standard InChI is InChI=1S/C10H9F4NO2.ClH/c1-17-9(16)8(15)6-4-5(11)2-3-7(6)10(12,13)14;/h2-4,8H,15H2,1H3;1H/t8-;/m1./s1. The van der Waals surface area contributed by atoms with Crippen molar-refractivity contribution in [1.82, 2.24) is 0 Å². The van der Waals surface area contributed by atoms with E-state index in [0.29, 0.717) is 18.2 Å². The van der Waals surface area contributed by atoms with Crippen LogP contribution in [0.1, 0.15) is 17.2 Å². The van der Waals surface area contributed by atoms with Crippen LogP contribution in [0.4, 0.5) is 17.6 Å². The van der Waals surface area contributed by atoms with E-state index in [2.05, 4.69) is 4.74 Å². The smallest absolute Gasteiger partial charge is 0.416 e. The first-order chi connectivity index (χ1) is 7.77. The Labute approximate surface area is 106 Å². The van der Waals surface area contributed by atoms with E-state index in [-0.39, 0.29) is 12.4 Å². The Balaban J connectivity index is 0.00000289. The maximum absolute atomic E-state index is 12.9. The van der Waals surface area contributed by atoms with E-state index in [4.69, 9.17) is 5.73 Å². The number of nitrogens with two attached hydrogens (primary N) is 1. The number of hydrogen-bond acceptors (Lipinski definition) is 3. The molecule has 0 aliphatic heterocycles. The Morgan fingerprint density at radius 1 is 1.39 bits per heavy atom. The third kappa shape index (κ3) is 3.58. The third-order valence-corrected chi connectivity index (χ3v) is 2.11. The van der Waals surface area contributed by atoms with Gasteiger partial charge >= 0.3 is 12.1 Å². The molecule has 0 amide bonds. The summed E-state index contributed by atoms with van der Waals surface area (Å²) in [5.41, 5.74) is 3.47. The molecule has 0 aliphatic carbocycles. The van der Waals surface area contributed by atoms with E-state index in [9.17, 15) is 22.4 Å². The Bertz CT molecular complexity index is 436. The lowest BCUT2D eigenvalue weighted by atomic mass is 10.0. The van der Waals surface area contributed by atoms with Gasteiger partial charge in [0.15, 0.2) is 0 Å². The van der Waals surface area contributed by atoms with Crippen molar-refractivity contribution in [2.75, 3.05) is 7.11 Å². The van der Waals surface area contributed by atoms with E-state index < -0.39 is 35.1 Å². The van der Waals surface area contributed by atoms with Crippen LogP contribution >= 0.6 is 12.4 Å². The molecule has 1 aromatic rings. The lowest BCUT2D eigenvalue weighted by molar-refractivity contribution is -0.144. The van der Waals surface area contributed by atoms with Crippen molar-refractivity contribution in [3.05, 3.63) is 35.1 Å². The molecular weight excluding hydrogens is 278 g/mol. The van der Waals surface area contributed by atoms with Crippen LogP contribution in [0.15, 0.2) is 18.2 Å². The van der Waals surface area contributed by atoms with Crippen molar-refractivity contribution < 1.29 is 27.1 Å². The summed E-state index contributed by atoms with van der Waals surface area (Å²) < 4.78 is 54.8. The highest BCUT2D eigenvalue weighted by atomic mass is 35.5. The van der Waals surface area contributed by atoms with Crippen LogP contribution in [-0.2, 0) is 15.7 Å². The molecule has 3 nitrogen and oxygen atoms in total. The van der Waals surface area contributed by atoms with E-state index in [1.807, 2.05) is 0 Å². The number of ether oxygens (including phenoxy) is 1. The van der Waals surface area contributed by atoms with Crippen LogP contribution in [-0.4, -0.2) is 13.1 Å². The zero-order chi connectivity index (χ0) is 13.2. The predicted molar refractivity (Wildman–Crippen MR) is 57.6 cm³/mol. The van der Waals surface area contributed by atoms with Crippen LogP contribution in [0.2, 0.25) is 0 Å². The van der Waals surface area contributed by atoms with Crippen molar-refractivity contribution in [3.8, 4) is 0 Å². The SMILES string of the molecule is COC(=O)[C@H](N)c1cc(F)ccc1C(F)(F)F.Cl. The Morgan fingerprint density at radius 2 is 1.94 bits per heavy atom. The number of alkyl halides is 3. The van der Waals surface area contributed by atoms with E-state index >= 15 is 0 Å². The highest BCUT2D eigenvalue weighted by Gasteiger charge is 2.36. The fourth-order valence-electron chi connectivity index (χ4n) is 1.30. The average Bonchev–Trinajstić information content (AvgIpc) is 2.25. The first kappa shape index (κ1) is 16.7. The van der Waals surface area contributed by atoms with Crippen molar-refractivity contribution >= 4 is 18.4 Å². The number of esters is 1. The number of methoxy groups -OCH3 is 1. The normalized spacial score (nSPS) is 12.6. The van der Waals surface area contributed by atoms with Gasteiger partial charge in [-0.25, -0.2) is 4.39 Å². The Morgan fingerprint density at radius 3 is 2.39 bits per heavy atom. The van der Waals surface area contributed by atoms with Gasteiger partial charge in [-0.1, -0.05) is 0 Å². The predicted octanol–water partition coefficient (Wildman–Crippen LogP) is 2.44. The molecule has 1 rings (SSSR count). The van der Waals surface area contributed by atoms with Crippen LogP contribution in [0, 0.1) is 5.82 Å². The molecule has 0 aromatic heterocycles. The summed E-state index contributed by atoms with van der Waals surface area (Å²) in [5, 5.41) is 0. The third-order valence-electron chi connectivity index (χ3n) is 2.11. The number of rotatable bonds is 2. The van der Waals surface area contributed by atoms with Crippen LogP contribution < -0.4 is 5.73 Å². The van der Waals surface area contributed by atoms with Crippen LogP contribution in [0.3, 0.4) is 0 Å². The van der Waals surface area contributed by atoms with Crippen molar-refractivity contribution in [1.29, 1.82) is 0 Å². The summed E-state index contributed by atoms with van der Waals surface area (Å²) >= 11 is 0. The molecular formula is C10H10ClF4NO2. The van der Waals surface area contributed by atoms with E-state index in [0.717, 1.165) is 7.11 Å². The number of carbonyl (C=O) groups excluding carboxylic acids is 1. The van der Waals surface area contributed by atoms with Crippen LogP contribution in [0.5, 0.6) is 0 Å². The molecule has 102 valence electrons. The lowest BCUT2D eigenvalue weighted by Crippen LogP contribution is -2.26. The maximum Gasteiger partial charge on any atom is 0.416 e. The number of hydrogen-bond donors (Lipinski definition) is 1. The quantitative estimate of drug-likeness (QED) is 0.671. The summed E-state index contributed by atoms with van der Waals surface area (Å²) in [6, 6.07) is 0.0844. The molecule has 0 fully saturated rings. The minimum Gasteiger partial charge on any atom is -0.468 e. The molecule has 1 aromatic carbocycles. The summed E-state index contributed by atoms with van der Waals surface area (Å²) in [7, 11) is 0.981. The van der Waals surface area contributed by atoms with Gasteiger partial charge in [-0.15, -0.1) is 12.4 Å². The summed E-state index contributed by atoms with van der Waals surface area (Å²) in [6.45, 7) is 0. The minimum absolute atomic E-state index is 0. The van der Waals surface area contributed by atoms with E-state index in [1.54, 1.807) is 0 Å². The van der Waals surface area contributed by atoms with E-state index in [1.165, 1.54) is 0 Å². The second-order valence-electron chi connectivity index (χ2n) is 3.23. The van der Waals surface area contributed by atoms with Crippen molar-refractivity contribution in [2.45, 2.75) is 12.2 Å². The molecule has 0 heterocycles. The van der Waals surface area contributed by atoms with Gasteiger partial charge in [-0.2, -0.15) is 13.2 Å². The second kappa shape index (κ2) is 6.01. The molecule has 18 heavy (non-hydrogen) atoms. The first-order valence-electron chi connectivity index (χ1n) is 4.47. The molecule has 0 radical (unpaired) electrons. The summed E-state index contributed by atoms with van der Waals surface area (Å²) in [6.07, 6.45) is -4.71. The molecule has 0 saturated heterocycles. The van der Waals surface area contributed by atoms with Gasteiger partial charge in [-0.05, 0) is 23.8 Å². The van der Waals surface area contributed by atoms with Gasteiger partial charge in [-0.3, -0.25) is 4.79 Å². The van der Waals surface area contributed by atoms with Gasteiger partial charge in [0, 0.05) is 0 Å². The Kier molecular flexibility index (Phi) is 5.56. The monoisotopic (exact) mass is 287 g/mol. The number of halogens is 5. The second-order valence-corrected chi connectivity index (χ2v) is 3.23. The van der Waals surface area contributed by atoms with Gasteiger partial charge < -0.3 is 10.5 Å². The fourth-order valence-corrected chi connectivity index (χ4v) is 1.30. The Hall–Kier alpha value is -1.34. The molecule has 0 aliphatic rings. The molecule has 0 unspecified atom stereocenters. The first-order valence-corrected chi connectivity index (χ1v) is 4.47. The summed E-state index contributed by atoms with van der Waals surface area (Å²) in [5.74, 6) is -1.98. The molecule has 2 N–H and O–H groups in total. The van der Waals surface area contributed by atoms with Gasteiger partial charge in [0.25, 0.3) is 0 Å². The van der Waals surface area contributed by atoms with Gasteiger partial charge in [0.1, 0.15) is 11.9 Å². The highest BCUT2D eigenvalue weighted by Crippen LogP contribution is 2.34. The number of benzene rings is 1. The molecule has 0 spiro atoms. The average molecular weight is 288 g/mol. The largest absolute Gasteiger partial charge is 0.468 e. The minimum atomic E-state index is -4.71. The van der Waals surface area contributed by atoms with Crippen molar-refractivity contribution in [2.24, 2.45) is 5.73 Å². The van der Waals surface area contributed by atoms with Gasteiger partial charge in [0.2, 0.25) is 0 Å². The summed E-state index contributed by atoms with van der Waals surface area (Å²) in [4.78, 5) is 11.1. The molecule has 8 heteroatoms. The lowest BCUT2D eigenvalue weighted by Gasteiger charge is -2.16. The highest BCUT2D eigenvalue weighted by molar-refractivity contribution is 5.85. The topological polar surface area (TPSA) is 52.3 Å².